The highest BCUT2D eigenvalue weighted by Crippen LogP contribution is 2.32. The summed E-state index contributed by atoms with van der Waals surface area (Å²) in [6.45, 7) is 6.41. The van der Waals surface area contributed by atoms with Gasteiger partial charge in [-0.15, -0.1) is 0 Å². The third-order valence-electron chi connectivity index (χ3n) is 6.67. The molecular weight excluding hydrogens is 432 g/mol. The van der Waals surface area contributed by atoms with Crippen LogP contribution in [-0.2, 0) is 11.3 Å². The minimum absolute atomic E-state index is 0.141. The van der Waals surface area contributed by atoms with Gasteiger partial charge in [0, 0.05) is 26.2 Å². The van der Waals surface area contributed by atoms with Gasteiger partial charge in [0.25, 0.3) is 17.4 Å². The standard InChI is InChI=1S/C26H28N4O4/c1-2-22(30-25(32)18-8-3-4-9-19(18)26(30)33)23-27-21-11-6-5-10-20(21)24(31)29(23)13-7-12-28-14-16-34-17-15-28/h3-6,8-11,22H,2,7,12-17H2,1H3/t22-/m1/s1. The topological polar surface area (TPSA) is 84.7 Å². The molecule has 0 aliphatic carbocycles. The van der Waals surface area contributed by atoms with E-state index in [1.165, 1.54) is 4.90 Å². The summed E-state index contributed by atoms with van der Waals surface area (Å²) in [4.78, 5) is 48.4. The maximum absolute atomic E-state index is 13.5. The molecule has 0 spiro atoms. The van der Waals surface area contributed by atoms with Crippen molar-refractivity contribution in [2.45, 2.75) is 32.4 Å². The maximum atomic E-state index is 13.5. The van der Waals surface area contributed by atoms with Crippen LogP contribution in [-0.4, -0.2) is 64.0 Å². The number of nitrogens with zero attached hydrogens (tertiary/aromatic N) is 4. The van der Waals surface area contributed by atoms with Crippen molar-refractivity contribution in [1.82, 2.24) is 19.4 Å². The summed E-state index contributed by atoms with van der Waals surface area (Å²) >= 11 is 0. The van der Waals surface area contributed by atoms with Crippen LogP contribution in [0.5, 0.6) is 0 Å². The number of rotatable bonds is 7. The van der Waals surface area contributed by atoms with E-state index >= 15 is 0 Å². The van der Waals surface area contributed by atoms with E-state index in [9.17, 15) is 14.4 Å². The lowest BCUT2D eigenvalue weighted by molar-refractivity contribution is 0.0368. The summed E-state index contributed by atoms with van der Waals surface area (Å²) in [5.74, 6) is -0.216. The molecule has 2 aliphatic rings. The van der Waals surface area contributed by atoms with Gasteiger partial charge in [-0.25, -0.2) is 4.98 Å². The molecule has 0 bridgehead atoms. The zero-order valence-electron chi connectivity index (χ0n) is 19.3. The number of morpholine rings is 1. The maximum Gasteiger partial charge on any atom is 0.262 e. The lowest BCUT2D eigenvalue weighted by atomic mass is 10.1. The van der Waals surface area contributed by atoms with Crippen LogP contribution in [0.2, 0.25) is 0 Å². The first-order valence-electron chi connectivity index (χ1n) is 11.9. The Hall–Kier alpha value is -3.36. The lowest BCUT2D eigenvalue weighted by Crippen LogP contribution is -2.39. The Balaban J connectivity index is 1.53. The number of imide groups is 1. The SMILES string of the molecule is CC[C@H](c1nc2ccccc2c(=O)n1CCCN1CCOCC1)N1C(=O)c2ccccc2C1=O. The smallest absolute Gasteiger partial charge is 0.262 e. The minimum atomic E-state index is -0.631. The van der Waals surface area contributed by atoms with Gasteiger partial charge in [0.05, 0.1) is 41.3 Å². The summed E-state index contributed by atoms with van der Waals surface area (Å²) in [5.41, 5.74) is 1.22. The van der Waals surface area contributed by atoms with E-state index in [1.54, 1.807) is 41.0 Å². The van der Waals surface area contributed by atoms with E-state index < -0.39 is 6.04 Å². The summed E-state index contributed by atoms with van der Waals surface area (Å²) in [6, 6.07) is 13.5. The van der Waals surface area contributed by atoms with Gasteiger partial charge >= 0.3 is 0 Å². The van der Waals surface area contributed by atoms with Gasteiger partial charge in [0.15, 0.2) is 0 Å². The molecule has 2 aliphatic heterocycles. The molecule has 5 rings (SSSR count). The molecule has 8 nitrogen and oxygen atoms in total. The molecule has 1 aromatic heterocycles. The van der Waals surface area contributed by atoms with E-state index in [0.29, 0.717) is 40.8 Å². The fourth-order valence-corrected chi connectivity index (χ4v) is 4.90. The molecule has 1 saturated heterocycles. The fourth-order valence-electron chi connectivity index (χ4n) is 4.90. The molecule has 3 aromatic rings. The highest BCUT2D eigenvalue weighted by atomic mass is 16.5. The van der Waals surface area contributed by atoms with Gasteiger partial charge in [-0.1, -0.05) is 31.2 Å². The predicted octanol–water partition coefficient (Wildman–Crippen LogP) is 2.87. The van der Waals surface area contributed by atoms with Crippen LogP contribution in [0.3, 0.4) is 0 Å². The number of amides is 2. The van der Waals surface area contributed by atoms with Crippen LogP contribution < -0.4 is 5.56 Å². The first kappa shape index (κ1) is 22.4. The number of ether oxygens (including phenoxy) is 1. The van der Waals surface area contributed by atoms with Crippen LogP contribution in [0.1, 0.15) is 52.3 Å². The first-order chi connectivity index (χ1) is 16.6. The van der Waals surface area contributed by atoms with E-state index in [2.05, 4.69) is 4.90 Å². The average molecular weight is 461 g/mol. The number of benzene rings is 2. The second kappa shape index (κ2) is 9.48. The highest BCUT2D eigenvalue weighted by Gasteiger charge is 2.41. The third-order valence-corrected chi connectivity index (χ3v) is 6.67. The van der Waals surface area contributed by atoms with E-state index in [-0.39, 0.29) is 17.4 Å². The van der Waals surface area contributed by atoms with Gasteiger partial charge < -0.3 is 4.74 Å². The Morgan fingerprint density at radius 1 is 0.912 bits per heavy atom. The monoisotopic (exact) mass is 460 g/mol. The molecule has 8 heteroatoms. The van der Waals surface area contributed by atoms with Crippen molar-refractivity contribution in [2.75, 3.05) is 32.8 Å². The van der Waals surface area contributed by atoms with Crippen LogP contribution in [0.25, 0.3) is 10.9 Å². The number of hydrogen-bond acceptors (Lipinski definition) is 6. The summed E-state index contributed by atoms with van der Waals surface area (Å²) in [5, 5.41) is 0.537. The Bertz CT molecular complexity index is 1260. The van der Waals surface area contributed by atoms with Crippen molar-refractivity contribution in [3.63, 3.8) is 0 Å². The third kappa shape index (κ3) is 3.93. The number of para-hydroxylation sites is 1. The van der Waals surface area contributed by atoms with Crippen molar-refractivity contribution >= 4 is 22.7 Å². The minimum Gasteiger partial charge on any atom is -0.379 e. The molecule has 2 aromatic carbocycles. The van der Waals surface area contributed by atoms with Gasteiger partial charge in [0.2, 0.25) is 0 Å². The van der Waals surface area contributed by atoms with Gasteiger partial charge in [-0.05, 0) is 37.1 Å². The molecule has 1 atom stereocenters. The lowest BCUT2D eigenvalue weighted by Gasteiger charge is -2.28. The van der Waals surface area contributed by atoms with Gasteiger partial charge in [-0.3, -0.25) is 28.8 Å². The largest absolute Gasteiger partial charge is 0.379 e. The van der Waals surface area contributed by atoms with Crippen LogP contribution >= 0.6 is 0 Å². The van der Waals surface area contributed by atoms with E-state index in [1.807, 2.05) is 19.1 Å². The quantitative estimate of drug-likeness (QED) is 0.504. The molecule has 0 unspecified atom stereocenters. The van der Waals surface area contributed by atoms with Crippen molar-refractivity contribution in [1.29, 1.82) is 0 Å². The van der Waals surface area contributed by atoms with Crippen molar-refractivity contribution in [2.24, 2.45) is 0 Å². The van der Waals surface area contributed by atoms with Crippen LogP contribution in [0, 0.1) is 0 Å². The Morgan fingerprint density at radius 3 is 2.24 bits per heavy atom. The van der Waals surface area contributed by atoms with E-state index in [0.717, 1.165) is 39.3 Å². The summed E-state index contributed by atoms with van der Waals surface area (Å²) in [6.07, 6.45) is 1.21. The Labute approximate surface area is 197 Å². The van der Waals surface area contributed by atoms with Crippen molar-refractivity contribution in [3.8, 4) is 0 Å². The molecule has 176 valence electrons. The van der Waals surface area contributed by atoms with Gasteiger partial charge in [0.1, 0.15) is 5.82 Å². The fraction of sp³-hybridized carbons (Fsp3) is 0.385. The number of fused-ring (bicyclic) bond motifs is 2. The molecule has 0 saturated carbocycles. The molecule has 0 N–H and O–H groups in total. The second-order valence-corrected chi connectivity index (χ2v) is 8.70. The number of aromatic nitrogens is 2. The van der Waals surface area contributed by atoms with Crippen molar-refractivity contribution in [3.05, 3.63) is 75.8 Å². The normalized spacial score (nSPS) is 17.4. The average Bonchev–Trinajstić information content (AvgIpc) is 3.12. The van der Waals surface area contributed by atoms with Crippen molar-refractivity contribution < 1.29 is 14.3 Å². The summed E-state index contributed by atoms with van der Waals surface area (Å²) < 4.78 is 7.09. The van der Waals surface area contributed by atoms with Gasteiger partial charge in [-0.2, -0.15) is 0 Å². The first-order valence-corrected chi connectivity index (χ1v) is 11.9. The molecule has 3 heterocycles. The number of carbonyl (C=O) groups excluding carboxylic acids is 2. The van der Waals surface area contributed by atoms with Crippen LogP contribution in [0.4, 0.5) is 0 Å². The molecule has 34 heavy (non-hydrogen) atoms. The zero-order chi connectivity index (χ0) is 23.7. The Kier molecular flexibility index (Phi) is 6.26. The zero-order valence-corrected chi connectivity index (χ0v) is 19.3. The summed E-state index contributed by atoms with van der Waals surface area (Å²) in [7, 11) is 0. The Morgan fingerprint density at radius 2 is 1.56 bits per heavy atom. The number of hydrogen-bond donors (Lipinski definition) is 0. The predicted molar refractivity (Wildman–Crippen MR) is 128 cm³/mol. The number of carbonyl (C=O) groups is 2. The molecular formula is C26H28N4O4. The molecule has 2 amide bonds. The highest BCUT2D eigenvalue weighted by molar-refractivity contribution is 6.21. The van der Waals surface area contributed by atoms with E-state index in [4.69, 9.17) is 9.72 Å². The van der Waals surface area contributed by atoms with Crippen LogP contribution in [0.15, 0.2) is 53.3 Å². The second-order valence-electron chi connectivity index (χ2n) is 8.70. The molecule has 0 radical (unpaired) electrons. The molecule has 1 fully saturated rings.